The van der Waals surface area contributed by atoms with Gasteiger partial charge in [-0.05, 0) is 38.8 Å². The fourth-order valence-corrected chi connectivity index (χ4v) is 1.79. The van der Waals surface area contributed by atoms with E-state index in [2.05, 4.69) is 10.3 Å². The summed E-state index contributed by atoms with van der Waals surface area (Å²) in [5, 5.41) is 3.16. The molecular weight excluding hydrogens is 242 g/mol. The average Bonchev–Trinajstić information content (AvgIpc) is 2.78. The van der Waals surface area contributed by atoms with Crippen LogP contribution in [0, 0.1) is 0 Å². The van der Waals surface area contributed by atoms with E-state index in [1.54, 1.807) is 0 Å². The van der Waals surface area contributed by atoms with Gasteiger partial charge in [0.2, 0.25) is 0 Å². The standard InChI is InChI=1S/C14H21N3O2/c1-10(2)18-9-4-3-8-16-14-17-13-11(15)6-5-7-12(13)19-14/h5-7,10H,3-4,8-9,15H2,1-2H3,(H,16,17). The Kier molecular flexibility index (Phi) is 4.63. The second-order valence-electron chi connectivity index (χ2n) is 4.77. The summed E-state index contributed by atoms with van der Waals surface area (Å²) in [6, 6.07) is 6.06. The predicted molar refractivity (Wildman–Crippen MR) is 77.2 cm³/mol. The van der Waals surface area contributed by atoms with E-state index in [1.165, 1.54) is 0 Å². The van der Waals surface area contributed by atoms with Gasteiger partial charge >= 0.3 is 0 Å². The van der Waals surface area contributed by atoms with E-state index in [1.807, 2.05) is 32.0 Å². The third kappa shape index (κ3) is 3.86. The van der Waals surface area contributed by atoms with Gasteiger partial charge in [-0.2, -0.15) is 4.98 Å². The summed E-state index contributed by atoms with van der Waals surface area (Å²) in [5.41, 5.74) is 7.89. The molecule has 2 rings (SSSR count). The van der Waals surface area contributed by atoms with Crippen LogP contribution < -0.4 is 11.1 Å². The molecular formula is C14H21N3O2. The van der Waals surface area contributed by atoms with Crippen molar-refractivity contribution in [3.05, 3.63) is 18.2 Å². The number of aromatic nitrogens is 1. The van der Waals surface area contributed by atoms with Crippen LogP contribution in [0.4, 0.5) is 11.7 Å². The molecule has 5 nitrogen and oxygen atoms in total. The molecule has 0 saturated heterocycles. The zero-order chi connectivity index (χ0) is 13.7. The number of fused-ring (bicyclic) bond motifs is 1. The molecule has 0 spiro atoms. The lowest BCUT2D eigenvalue weighted by Gasteiger charge is -2.06. The summed E-state index contributed by atoms with van der Waals surface area (Å²) in [5.74, 6) is 0. The van der Waals surface area contributed by atoms with Gasteiger partial charge in [0.15, 0.2) is 5.58 Å². The first-order valence-corrected chi connectivity index (χ1v) is 6.67. The number of hydrogen-bond donors (Lipinski definition) is 2. The van der Waals surface area contributed by atoms with Crippen molar-refractivity contribution in [3.8, 4) is 0 Å². The minimum Gasteiger partial charge on any atom is -0.423 e. The highest BCUT2D eigenvalue weighted by molar-refractivity contribution is 5.86. The molecule has 0 aliphatic heterocycles. The molecule has 19 heavy (non-hydrogen) atoms. The number of unbranched alkanes of at least 4 members (excludes halogenated alkanes) is 1. The van der Waals surface area contributed by atoms with Crippen molar-refractivity contribution >= 4 is 22.8 Å². The Balaban J connectivity index is 1.77. The molecule has 0 aliphatic rings. The largest absolute Gasteiger partial charge is 0.423 e. The Morgan fingerprint density at radius 2 is 2.21 bits per heavy atom. The van der Waals surface area contributed by atoms with Gasteiger partial charge < -0.3 is 20.2 Å². The molecule has 1 heterocycles. The number of nitrogens with zero attached hydrogens (tertiary/aromatic N) is 1. The molecule has 1 aromatic carbocycles. The van der Waals surface area contributed by atoms with Gasteiger partial charge in [-0.25, -0.2) is 0 Å². The highest BCUT2D eigenvalue weighted by Gasteiger charge is 2.06. The van der Waals surface area contributed by atoms with Crippen LogP contribution in [0.25, 0.3) is 11.1 Å². The van der Waals surface area contributed by atoms with E-state index < -0.39 is 0 Å². The molecule has 0 fully saturated rings. The van der Waals surface area contributed by atoms with Crippen molar-refractivity contribution in [2.75, 3.05) is 24.2 Å². The van der Waals surface area contributed by atoms with Crippen LogP contribution in [0.1, 0.15) is 26.7 Å². The van der Waals surface area contributed by atoms with E-state index in [4.69, 9.17) is 14.9 Å². The maximum Gasteiger partial charge on any atom is 0.295 e. The average molecular weight is 263 g/mol. The monoisotopic (exact) mass is 263 g/mol. The number of rotatable bonds is 7. The summed E-state index contributed by atoms with van der Waals surface area (Å²) in [4.78, 5) is 4.32. The van der Waals surface area contributed by atoms with Crippen molar-refractivity contribution in [2.24, 2.45) is 0 Å². The second kappa shape index (κ2) is 6.43. The van der Waals surface area contributed by atoms with Crippen molar-refractivity contribution in [1.82, 2.24) is 4.98 Å². The highest BCUT2D eigenvalue weighted by atomic mass is 16.5. The molecule has 3 N–H and O–H groups in total. The van der Waals surface area contributed by atoms with E-state index >= 15 is 0 Å². The van der Waals surface area contributed by atoms with E-state index in [-0.39, 0.29) is 0 Å². The summed E-state index contributed by atoms with van der Waals surface area (Å²) in [6.07, 6.45) is 2.34. The van der Waals surface area contributed by atoms with Gasteiger partial charge in [-0.3, -0.25) is 0 Å². The van der Waals surface area contributed by atoms with Gasteiger partial charge in [0, 0.05) is 13.2 Å². The van der Waals surface area contributed by atoms with Gasteiger partial charge in [0.05, 0.1) is 11.8 Å². The fourth-order valence-electron chi connectivity index (χ4n) is 1.79. The van der Waals surface area contributed by atoms with Crippen molar-refractivity contribution in [1.29, 1.82) is 0 Å². The zero-order valence-electron chi connectivity index (χ0n) is 11.5. The van der Waals surface area contributed by atoms with Gasteiger partial charge in [0.1, 0.15) is 5.52 Å². The first kappa shape index (κ1) is 13.7. The molecule has 0 saturated carbocycles. The number of benzene rings is 1. The summed E-state index contributed by atoms with van der Waals surface area (Å²) in [6.45, 7) is 5.69. The van der Waals surface area contributed by atoms with E-state index in [0.717, 1.165) is 26.0 Å². The molecule has 0 amide bonds. The Labute approximate surface area is 113 Å². The molecule has 1 aromatic heterocycles. The van der Waals surface area contributed by atoms with Crippen LogP contribution in [0.2, 0.25) is 0 Å². The summed E-state index contributed by atoms with van der Waals surface area (Å²) in [7, 11) is 0. The highest BCUT2D eigenvalue weighted by Crippen LogP contribution is 2.23. The van der Waals surface area contributed by atoms with Crippen LogP contribution in [-0.2, 0) is 4.74 Å². The Morgan fingerprint density at radius 3 is 2.95 bits per heavy atom. The van der Waals surface area contributed by atoms with Crippen molar-refractivity contribution in [2.45, 2.75) is 32.8 Å². The maximum absolute atomic E-state index is 5.83. The molecule has 0 bridgehead atoms. The first-order valence-electron chi connectivity index (χ1n) is 6.67. The third-order valence-electron chi connectivity index (χ3n) is 2.75. The second-order valence-corrected chi connectivity index (χ2v) is 4.77. The number of ether oxygens (including phenoxy) is 1. The molecule has 5 heteroatoms. The Bertz CT molecular complexity index is 522. The molecule has 0 atom stereocenters. The molecule has 0 aliphatic carbocycles. The fraction of sp³-hybridized carbons (Fsp3) is 0.500. The topological polar surface area (TPSA) is 73.3 Å². The smallest absolute Gasteiger partial charge is 0.295 e. The predicted octanol–water partition coefficient (Wildman–Crippen LogP) is 3.03. The number of hydrogen-bond acceptors (Lipinski definition) is 5. The van der Waals surface area contributed by atoms with E-state index in [9.17, 15) is 0 Å². The lowest BCUT2D eigenvalue weighted by Crippen LogP contribution is -2.07. The van der Waals surface area contributed by atoms with Crippen LogP contribution in [0.3, 0.4) is 0 Å². The molecule has 0 unspecified atom stereocenters. The molecule has 0 radical (unpaired) electrons. The number of nitrogens with one attached hydrogen (secondary N) is 1. The van der Waals surface area contributed by atoms with Crippen LogP contribution in [0.5, 0.6) is 0 Å². The minimum atomic E-state index is 0.299. The minimum absolute atomic E-state index is 0.299. The van der Waals surface area contributed by atoms with Crippen molar-refractivity contribution in [3.63, 3.8) is 0 Å². The van der Waals surface area contributed by atoms with Crippen LogP contribution in [0.15, 0.2) is 22.6 Å². The molecule has 2 aromatic rings. The Morgan fingerprint density at radius 1 is 1.37 bits per heavy atom. The quantitative estimate of drug-likeness (QED) is 0.593. The number of nitrogen functional groups attached to an aromatic ring is 1. The lowest BCUT2D eigenvalue weighted by atomic mass is 10.3. The summed E-state index contributed by atoms with van der Waals surface area (Å²) < 4.78 is 11.0. The molecule has 104 valence electrons. The maximum atomic E-state index is 5.83. The number of nitrogens with two attached hydrogens (primary N) is 1. The number of para-hydroxylation sites is 1. The lowest BCUT2D eigenvalue weighted by molar-refractivity contribution is 0.0765. The van der Waals surface area contributed by atoms with Crippen molar-refractivity contribution < 1.29 is 9.15 Å². The first-order chi connectivity index (χ1) is 9.16. The zero-order valence-corrected chi connectivity index (χ0v) is 11.5. The normalized spacial score (nSPS) is 11.3. The third-order valence-corrected chi connectivity index (χ3v) is 2.75. The van der Waals surface area contributed by atoms with Gasteiger partial charge in [-0.15, -0.1) is 0 Å². The van der Waals surface area contributed by atoms with Crippen LogP contribution >= 0.6 is 0 Å². The number of anilines is 2. The van der Waals surface area contributed by atoms with Crippen LogP contribution in [-0.4, -0.2) is 24.2 Å². The van der Waals surface area contributed by atoms with E-state index in [0.29, 0.717) is 28.9 Å². The van der Waals surface area contributed by atoms with Gasteiger partial charge in [-0.1, -0.05) is 6.07 Å². The Hall–Kier alpha value is -1.75. The summed E-state index contributed by atoms with van der Waals surface area (Å²) >= 11 is 0. The van der Waals surface area contributed by atoms with Gasteiger partial charge in [0.25, 0.3) is 6.01 Å². The SMILES string of the molecule is CC(C)OCCCCNc1nc2c(N)cccc2o1. The number of oxazole rings is 1.